The van der Waals surface area contributed by atoms with Gasteiger partial charge in [-0.15, -0.1) is 0 Å². The molecule has 0 saturated carbocycles. The maximum Gasteiger partial charge on any atom is 0.268 e. The van der Waals surface area contributed by atoms with E-state index in [0.29, 0.717) is 5.69 Å². The Morgan fingerprint density at radius 1 is 1.32 bits per heavy atom. The first-order valence-electron chi connectivity index (χ1n) is 6.35. The summed E-state index contributed by atoms with van der Waals surface area (Å²) in [6.45, 7) is 3.81. The molecule has 100 valence electrons. The average molecular weight is 258 g/mol. The van der Waals surface area contributed by atoms with E-state index < -0.39 is 6.04 Å². The molecule has 1 N–H and O–H groups in total. The Hall–Kier alpha value is -2.10. The van der Waals surface area contributed by atoms with E-state index in [9.17, 15) is 9.59 Å². The number of aromatic nitrogens is 1. The van der Waals surface area contributed by atoms with Crippen molar-refractivity contribution in [2.24, 2.45) is 13.0 Å². The molecule has 0 spiro atoms. The molecular formula is C15H18N2O2. The van der Waals surface area contributed by atoms with Gasteiger partial charge in [0.2, 0.25) is 0 Å². The molecule has 0 saturated heterocycles. The van der Waals surface area contributed by atoms with Crippen LogP contribution in [-0.2, 0) is 11.8 Å². The highest BCUT2D eigenvalue weighted by Crippen LogP contribution is 2.18. The minimum absolute atomic E-state index is 0.0798. The number of nitrogens with one attached hydrogen (secondary N) is 1. The molecule has 1 amide bonds. The first-order chi connectivity index (χ1) is 9.04. The number of para-hydroxylation sites is 1. The standard InChI is InChI=1S/C15H18N2O2/c1-10(2)12(9-18)16-15(19)14-8-11-6-4-5-7-13(11)17(14)3/h4-10,12H,1-3H3,(H,16,19)/t12-/m1/s1. The second-order valence-electron chi connectivity index (χ2n) is 5.03. The second-order valence-corrected chi connectivity index (χ2v) is 5.03. The van der Waals surface area contributed by atoms with Crippen LogP contribution in [0.5, 0.6) is 0 Å². The van der Waals surface area contributed by atoms with Crippen molar-refractivity contribution >= 4 is 23.1 Å². The summed E-state index contributed by atoms with van der Waals surface area (Å²) < 4.78 is 1.84. The Balaban J connectivity index is 2.31. The Labute approximate surface area is 112 Å². The van der Waals surface area contributed by atoms with Crippen molar-refractivity contribution in [3.05, 3.63) is 36.0 Å². The topological polar surface area (TPSA) is 51.1 Å². The maximum absolute atomic E-state index is 12.2. The number of carbonyl (C=O) groups is 2. The molecule has 1 heterocycles. The smallest absolute Gasteiger partial charge is 0.268 e. The summed E-state index contributed by atoms with van der Waals surface area (Å²) in [4.78, 5) is 23.2. The van der Waals surface area contributed by atoms with Gasteiger partial charge >= 0.3 is 0 Å². The first kappa shape index (κ1) is 13.3. The van der Waals surface area contributed by atoms with Crippen molar-refractivity contribution in [2.75, 3.05) is 0 Å². The highest BCUT2D eigenvalue weighted by atomic mass is 16.2. The van der Waals surface area contributed by atoms with Crippen LogP contribution < -0.4 is 5.32 Å². The number of nitrogens with zero attached hydrogens (tertiary/aromatic N) is 1. The second kappa shape index (κ2) is 5.26. The molecular weight excluding hydrogens is 240 g/mol. The van der Waals surface area contributed by atoms with Gasteiger partial charge in [0.05, 0.1) is 6.04 Å². The number of amides is 1. The molecule has 0 aliphatic carbocycles. The third kappa shape index (κ3) is 2.52. The molecule has 1 atom stereocenters. The molecule has 0 aliphatic heterocycles. The third-order valence-electron chi connectivity index (χ3n) is 3.35. The molecule has 0 bridgehead atoms. The van der Waals surface area contributed by atoms with E-state index in [1.165, 1.54) is 0 Å². The van der Waals surface area contributed by atoms with Gasteiger partial charge in [-0.05, 0) is 18.1 Å². The summed E-state index contributed by atoms with van der Waals surface area (Å²) in [7, 11) is 1.85. The van der Waals surface area contributed by atoms with E-state index in [4.69, 9.17) is 0 Å². The molecule has 1 aromatic heterocycles. The molecule has 4 heteroatoms. The minimum atomic E-state index is -0.453. The quantitative estimate of drug-likeness (QED) is 0.854. The van der Waals surface area contributed by atoms with Crippen molar-refractivity contribution < 1.29 is 9.59 Å². The van der Waals surface area contributed by atoms with Crippen molar-refractivity contribution in [1.82, 2.24) is 9.88 Å². The molecule has 19 heavy (non-hydrogen) atoms. The summed E-state index contributed by atoms with van der Waals surface area (Å²) in [6, 6.07) is 9.19. The SMILES string of the molecule is CC(C)[C@@H](C=O)NC(=O)c1cc2ccccc2n1C. The molecule has 0 radical (unpaired) electrons. The Kier molecular flexibility index (Phi) is 3.69. The summed E-state index contributed by atoms with van der Waals surface area (Å²) in [5.74, 6) is -0.138. The monoisotopic (exact) mass is 258 g/mol. The number of carbonyl (C=O) groups excluding carboxylic acids is 2. The van der Waals surface area contributed by atoms with Crippen LogP contribution in [0.3, 0.4) is 0 Å². The number of hydrogen-bond acceptors (Lipinski definition) is 2. The van der Waals surface area contributed by atoms with E-state index in [2.05, 4.69) is 5.32 Å². The highest BCUT2D eigenvalue weighted by Gasteiger charge is 2.19. The molecule has 0 unspecified atom stereocenters. The zero-order valence-electron chi connectivity index (χ0n) is 11.4. The first-order valence-corrected chi connectivity index (χ1v) is 6.35. The molecule has 2 aromatic rings. The maximum atomic E-state index is 12.2. The lowest BCUT2D eigenvalue weighted by Crippen LogP contribution is -2.40. The van der Waals surface area contributed by atoms with Crippen LogP contribution in [-0.4, -0.2) is 22.8 Å². The van der Waals surface area contributed by atoms with Crippen LogP contribution >= 0.6 is 0 Å². The van der Waals surface area contributed by atoms with Gasteiger partial charge in [0, 0.05) is 18.0 Å². The predicted molar refractivity (Wildman–Crippen MR) is 75.1 cm³/mol. The van der Waals surface area contributed by atoms with Gasteiger partial charge in [-0.25, -0.2) is 0 Å². The fraction of sp³-hybridized carbons (Fsp3) is 0.333. The predicted octanol–water partition coefficient (Wildman–Crippen LogP) is 2.13. The molecule has 2 rings (SSSR count). The zero-order valence-corrected chi connectivity index (χ0v) is 11.4. The molecule has 0 aliphatic rings. The van der Waals surface area contributed by atoms with E-state index in [0.717, 1.165) is 17.2 Å². The van der Waals surface area contributed by atoms with Crippen LogP contribution in [0.1, 0.15) is 24.3 Å². The van der Waals surface area contributed by atoms with Gasteiger partial charge < -0.3 is 14.7 Å². The number of fused-ring (bicyclic) bond motifs is 1. The molecule has 0 fully saturated rings. The lowest BCUT2D eigenvalue weighted by Gasteiger charge is -2.16. The minimum Gasteiger partial charge on any atom is -0.341 e. The number of aryl methyl sites for hydroxylation is 1. The van der Waals surface area contributed by atoms with Crippen molar-refractivity contribution in [3.8, 4) is 0 Å². The number of rotatable bonds is 4. The van der Waals surface area contributed by atoms with Crippen LogP contribution in [0, 0.1) is 5.92 Å². The fourth-order valence-corrected chi connectivity index (χ4v) is 2.09. The Morgan fingerprint density at radius 2 is 2.00 bits per heavy atom. The summed E-state index contributed by atoms with van der Waals surface area (Å²) >= 11 is 0. The highest BCUT2D eigenvalue weighted by molar-refractivity contribution is 5.99. The van der Waals surface area contributed by atoms with Crippen molar-refractivity contribution in [3.63, 3.8) is 0 Å². The van der Waals surface area contributed by atoms with Crippen molar-refractivity contribution in [2.45, 2.75) is 19.9 Å². The normalized spacial score (nSPS) is 12.6. The Morgan fingerprint density at radius 3 is 2.58 bits per heavy atom. The van der Waals surface area contributed by atoms with Gasteiger partial charge in [-0.2, -0.15) is 0 Å². The number of hydrogen-bond donors (Lipinski definition) is 1. The summed E-state index contributed by atoms with van der Waals surface area (Å²) in [5, 5.41) is 3.77. The van der Waals surface area contributed by atoms with E-state index in [-0.39, 0.29) is 11.8 Å². The lowest BCUT2D eigenvalue weighted by molar-refractivity contribution is -0.110. The van der Waals surface area contributed by atoms with Gasteiger partial charge in [-0.1, -0.05) is 32.0 Å². The largest absolute Gasteiger partial charge is 0.341 e. The molecule has 4 nitrogen and oxygen atoms in total. The average Bonchev–Trinajstić information content (AvgIpc) is 2.73. The lowest BCUT2D eigenvalue weighted by atomic mass is 10.1. The summed E-state index contributed by atoms with van der Waals surface area (Å²) in [5.41, 5.74) is 1.56. The zero-order chi connectivity index (χ0) is 14.0. The number of benzene rings is 1. The number of aldehydes is 1. The van der Waals surface area contributed by atoms with Crippen LogP contribution in [0.15, 0.2) is 30.3 Å². The molecule has 1 aromatic carbocycles. The van der Waals surface area contributed by atoms with Gasteiger partial charge in [-0.3, -0.25) is 4.79 Å². The van der Waals surface area contributed by atoms with E-state index >= 15 is 0 Å². The Bertz CT molecular complexity index is 614. The van der Waals surface area contributed by atoms with E-state index in [1.807, 2.05) is 55.8 Å². The van der Waals surface area contributed by atoms with Crippen LogP contribution in [0.25, 0.3) is 10.9 Å². The van der Waals surface area contributed by atoms with E-state index in [1.54, 1.807) is 0 Å². The summed E-state index contributed by atoms with van der Waals surface area (Å²) in [6.07, 6.45) is 0.783. The van der Waals surface area contributed by atoms with Gasteiger partial charge in [0.15, 0.2) is 0 Å². The van der Waals surface area contributed by atoms with Crippen molar-refractivity contribution in [1.29, 1.82) is 0 Å². The van der Waals surface area contributed by atoms with Gasteiger partial charge in [0.25, 0.3) is 5.91 Å². The van der Waals surface area contributed by atoms with Gasteiger partial charge in [0.1, 0.15) is 12.0 Å². The van der Waals surface area contributed by atoms with Crippen LogP contribution in [0.2, 0.25) is 0 Å². The van der Waals surface area contributed by atoms with Crippen LogP contribution in [0.4, 0.5) is 0 Å². The third-order valence-corrected chi connectivity index (χ3v) is 3.35. The fourth-order valence-electron chi connectivity index (χ4n) is 2.09.